The average molecular weight is 228 g/mol. The SMILES string of the molecule is CN1CCC[C@@H](C(=O)O)C1.ClCCl. The molecule has 0 aromatic heterocycles. The van der Waals surface area contributed by atoms with Gasteiger partial charge in [-0.25, -0.2) is 0 Å². The van der Waals surface area contributed by atoms with Gasteiger partial charge in [0.2, 0.25) is 0 Å². The highest BCUT2D eigenvalue weighted by Crippen LogP contribution is 2.14. The monoisotopic (exact) mass is 227 g/mol. The summed E-state index contributed by atoms with van der Waals surface area (Å²) in [5.74, 6) is -0.773. The Bertz CT molecular complexity index is 155. The first-order chi connectivity index (χ1) is 6.11. The van der Waals surface area contributed by atoms with Crippen LogP contribution in [0.1, 0.15) is 12.8 Å². The predicted molar refractivity (Wildman–Crippen MR) is 54.4 cm³/mol. The van der Waals surface area contributed by atoms with Crippen molar-refractivity contribution < 1.29 is 9.90 Å². The summed E-state index contributed by atoms with van der Waals surface area (Å²) < 4.78 is 0. The minimum Gasteiger partial charge on any atom is -0.481 e. The van der Waals surface area contributed by atoms with E-state index in [0.29, 0.717) is 0 Å². The second kappa shape index (κ2) is 7.42. The number of alkyl halides is 2. The minimum atomic E-state index is -0.647. The van der Waals surface area contributed by atoms with Crippen molar-refractivity contribution in [1.82, 2.24) is 4.90 Å². The molecule has 0 aromatic rings. The molecule has 0 aliphatic carbocycles. The first kappa shape index (κ1) is 13.0. The van der Waals surface area contributed by atoms with Crippen molar-refractivity contribution in [1.29, 1.82) is 0 Å². The standard InChI is InChI=1S/C7H13NO2.CH2Cl2/c1-8-4-2-3-6(5-8)7(9)10;2-1-3/h6H,2-5H2,1H3,(H,9,10);1H2/t6-;/m1./s1. The van der Waals surface area contributed by atoms with Crippen molar-refractivity contribution in [2.45, 2.75) is 12.8 Å². The maximum atomic E-state index is 10.5. The fraction of sp³-hybridized carbons (Fsp3) is 0.875. The van der Waals surface area contributed by atoms with Crippen LogP contribution in [0.4, 0.5) is 0 Å². The molecule has 1 heterocycles. The van der Waals surface area contributed by atoms with Gasteiger partial charge >= 0.3 is 5.97 Å². The lowest BCUT2D eigenvalue weighted by atomic mass is 9.99. The molecule has 0 bridgehead atoms. The highest BCUT2D eigenvalue weighted by molar-refractivity contribution is 6.40. The zero-order valence-electron chi connectivity index (χ0n) is 7.67. The molecule has 1 saturated heterocycles. The molecule has 1 aliphatic rings. The molecular formula is C8H15Cl2NO2. The smallest absolute Gasteiger partial charge is 0.307 e. The van der Waals surface area contributed by atoms with E-state index in [-0.39, 0.29) is 11.3 Å². The van der Waals surface area contributed by atoms with Gasteiger partial charge in [0.15, 0.2) is 0 Å². The lowest BCUT2D eigenvalue weighted by Crippen LogP contribution is -2.35. The summed E-state index contributed by atoms with van der Waals surface area (Å²) in [7, 11) is 1.97. The second-order valence-electron chi connectivity index (χ2n) is 3.04. The maximum absolute atomic E-state index is 10.5. The highest BCUT2D eigenvalue weighted by Gasteiger charge is 2.22. The Morgan fingerprint density at radius 1 is 1.62 bits per heavy atom. The van der Waals surface area contributed by atoms with Gasteiger partial charge in [0.05, 0.1) is 11.3 Å². The molecule has 0 unspecified atom stereocenters. The van der Waals surface area contributed by atoms with Crippen LogP contribution in [0.3, 0.4) is 0 Å². The van der Waals surface area contributed by atoms with Crippen LogP contribution in [0.15, 0.2) is 0 Å². The number of nitrogens with zero attached hydrogens (tertiary/aromatic N) is 1. The van der Waals surface area contributed by atoms with Gasteiger partial charge in [-0.1, -0.05) is 0 Å². The molecule has 1 atom stereocenters. The van der Waals surface area contributed by atoms with Gasteiger partial charge in [0.25, 0.3) is 0 Å². The first-order valence-corrected chi connectivity index (χ1v) is 5.22. The molecule has 0 radical (unpaired) electrons. The van der Waals surface area contributed by atoms with Crippen molar-refractivity contribution in [2.75, 3.05) is 25.5 Å². The number of hydrogen-bond donors (Lipinski definition) is 1. The van der Waals surface area contributed by atoms with Crippen LogP contribution in [0, 0.1) is 5.92 Å². The van der Waals surface area contributed by atoms with Crippen LogP contribution in [0.5, 0.6) is 0 Å². The van der Waals surface area contributed by atoms with Crippen LogP contribution >= 0.6 is 23.2 Å². The van der Waals surface area contributed by atoms with E-state index < -0.39 is 5.97 Å². The number of rotatable bonds is 1. The quantitative estimate of drug-likeness (QED) is 0.696. The van der Waals surface area contributed by atoms with Crippen molar-refractivity contribution in [2.24, 2.45) is 5.92 Å². The molecule has 5 heteroatoms. The Kier molecular flexibility index (Phi) is 7.42. The van der Waals surface area contributed by atoms with E-state index in [0.717, 1.165) is 25.9 Å². The summed E-state index contributed by atoms with van der Waals surface area (Å²) in [6.45, 7) is 1.76. The summed E-state index contributed by atoms with van der Waals surface area (Å²) in [6.07, 6.45) is 1.87. The minimum absolute atomic E-state index is 0.126. The molecule has 0 aromatic carbocycles. The van der Waals surface area contributed by atoms with Crippen LogP contribution in [0.2, 0.25) is 0 Å². The fourth-order valence-corrected chi connectivity index (χ4v) is 1.37. The molecular weight excluding hydrogens is 213 g/mol. The zero-order chi connectivity index (χ0) is 10.3. The van der Waals surface area contributed by atoms with Gasteiger partial charge in [-0.15, -0.1) is 23.2 Å². The Morgan fingerprint density at radius 3 is 2.46 bits per heavy atom. The summed E-state index contributed by atoms with van der Waals surface area (Å²) in [5, 5.41) is 8.82. The van der Waals surface area contributed by atoms with Crippen molar-refractivity contribution in [3.63, 3.8) is 0 Å². The highest BCUT2D eigenvalue weighted by atomic mass is 35.5. The zero-order valence-corrected chi connectivity index (χ0v) is 9.18. The predicted octanol–water partition coefficient (Wildman–Crippen LogP) is 1.83. The summed E-state index contributed by atoms with van der Waals surface area (Å²) in [4.78, 5) is 12.5. The van der Waals surface area contributed by atoms with Gasteiger partial charge in [-0.05, 0) is 26.4 Å². The average Bonchev–Trinajstić information content (AvgIpc) is 2.05. The molecule has 13 heavy (non-hydrogen) atoms. The second-order valence-corrected chi connectivity index (χ2v) is 3.85. The number of aliphatic carboxylic acids is 1. The summed E-state index contributed by atoms with van der Waals surface area (Å²) >= 11 is 9.53. The Hall–Kier alpha value is 0.01000. The number of carboxylic acid groups (broad SMARTS) is 1. The molecule has 78 valence electrons. The van der Waals surface area contributed by atoms with E-state index in [1.54, 1.807) is 0 Å². The molecule has 1 rings (SSSR count). The molecule has 3 nitrogen and oxygen atoms in total. The number of likely N-dealkylation sites (tertiary alicyclic amines) is 1. The van der Waals surface area contributed by atoms with E-state index in [2.05, 4.69) is 4.90 Å². The van der Waals surface area contributed by atoms with Crippen LogP contribution in [-0.2, 0) is 4.79 Å². The number of halogens is 2. The van der Waals surface area contributed by atoms with Crippen molar-refractivity contribution in [3.05, 3.63) is 0 Å². The van der Waals surface area contributed by atoms with E-state index in [9.17, 15) is 4.79 Å². The maximum Gasteiger partial charge on any atom is 0.307 e. The lowest BCUT2D eigenvalue weighted by molar-refractivity contribution is -0.143. The molecule has 1 fully saturated rings. The van der Waals surface area contributed by atoms with Crippen molar-refractivity contribution in [3.8, 4) is 0 Å². The van der Waals surface area contributed by atoms with E-state index in [4.69, 9.17) is 28.3 Å². The molecule has 1 N–H and O–H groups in total. The molecule has 1 aliphatic heterocycles. The van der Waals surface area contributed by atoms with Crippen LogP contribution in [0.25, 0.3) is 0 Å². The molecule has 0 saturated carbocycles. The third kappa shape index (κ3) is 6.13. The summed E-state index contributed by atoms with van der Waals surface area (Å²) in [6, 6.07) is 0. The number of piperidine rings is 1. The molecule has 0 amide bonds. The summed E-state index contributed by atoms with van der Waals surface area (Å²) in [5.41, 5.74) is 0. The Morgan fingerprint density at radius 2 is 2.15 bits per heavy atom. The topological polar surface area (TPSA) is 40.5 Å². The van der Waals surface area contributed by atoms with Gasteiger partial charge in [0.1, 0.15) is 0 Å². The Labute approximate surface area is 88.6 Å². The normalized spacial score (nSPS) is 23.2. The van der Waals surface area contributed by atoms with E-state index >= 15 is 0 Å². The fourth-order valence-electron chi connectivity index (χ4n) is 1.37. The van der Waals surface area contributed by atoms with Crippen LogP contribution in [-0.4, -0.2) is 41.5 Å². The number of hydrogen-bond acceptors (Lipinski definition) is 2. The van der Waals surface area contributed by atoms with Crippen LogP contribution < -0.4 is 0 Å². The lowest BCUT2D eigenvalue weighted by Gasteiger charge is -2.26. The number of carbonyl (C=O) groups is 1. The Balaban J connectivity index is 0.000000424. The largest absolute Gasteiger partial charge is 0.481 e. The van der Waals surface area contributed by atoms with Gasteiger partial charge in [0, 0.05) is 6.54 Å². The third-order valence-electron chi connectivity index (χ3n) is 1.97. The third-order valence-corrected chi connectivity index (χ3v) is 1.97. The molecule has 0 spiro atoms. The first-order valence-electron chi connectivity index (χ1n) is 4.15. The van der Waals surface area contributed by atoms with Gasteiger partial charge in [-0.3, -0.25) is 4.79 Å². The van der Waals surface area contributed by atoms with Gasteiger partial charge in [-0.2, -0.15) is 0 Å². The van der Waals surface area contributed by atoms with Crippen molar-refractivity contribution >= 4 is 29.2 Å². The number of carboxylic acids is 1. The van der Waals surface area contributed by atoms with Gasteiger partial charge < -0.3 is 10.0 Å². The van der Waals surface area contributed by atoms with E-state index in [1.165, 1.54) is 0 Å². The van der Waals surface area contributed by atoms with E-state index in [1.807, 2.05) is 7.05 Å².